The summed E-state index contributed by atoms with van der Waals surface area (Å²) in [7, 11) is 0. The van der Waals surface area contributed by atoms with Crippen LogP contribution in [0.15, 0.2) is 30.6 Å². The molecule has 2 aromatic rings. The van der Waals surface area contributed by atoms with Crippen LogP contribution in [0.1, 0.15) is 33.1 Å². The van der Waals surface area contributed by atoms with Crippen molar-refractivity contribution in [1.29, 1.82) is 0 Å². The van der Waals surface area contributed by atoms with Crippen molar-refractivity contribution in [2.24, 2.45) is 5.92 Å². The van der Waals surface area contributed by atoms with Gasteiger partial charge in [0.05, 0.1) is 24.2 Å². The molecular weight excluding hydrogens is 358 g/mol. The molecule has 0 radical (unpaired) electrons. The summed E-state index contributed by atoms with van der Waals surface area (Å²) in [6.07, 6.45) is 5.21. The van der Waals surface area contributed by atoms with E-state index in [0.29, 0.717) is 25.4 Å². The average molecular weight is 385 g/mol. The third-order valence-corrected chi connectivity index (χ3v) is 4.63. The lowest BCUT2D eigenvalue weighted by molar-refractivity contribution is -0.137. The number of aromatic amines is 1. The number of pyridine rings is 1. The quantitative estimate of drug-likeness (QED) is 0.710. The van der Waals surface area contributed by atoms with E-state index in [1.54, 1.807) is 17.3 Å². The number of nitrogens with one attached hydrogen (secondary N) is 2. The van der Waals surface area contributed by atoms with Crippen molar-refractivity contribution in [3.05, 3.63) is 30.6 Å². The van der Waals surface area contributed by atoms with Crippen molar-refractivity contribution in [3.8, 4) is 17.1 Å². The Labute approximate surface area is 164 Å². The minimum atomic E-state index is -0.221. The first-order valence-electron chi connectivity index (χ1n) is 9.67. The van der Waals surface area contributed by atoms with Gasteiger partial charge in [-0.25, -0.2) is 0 Å². The summed E-state index contributed by atoms with van der Waals surface area (Å²) in [6.45, 7) is 5.60. The van der Waals surface area contributed by atoms with Gasteiger partial charge in [-0.1, -0.05) is 0 Å². The van der Waals surface area contributed by atoms with Gasteiger partial charge in [-0.05, 0) is 44.9 Å². The Morgan fingerprint density at radius 3 is 2.89 bits per heavy atom. The summed E-state index contributed by atoms with van der Waals surface area (Å²) in [6, 6.07) is 5.66. The highest BCUT2D eigenvalue weighted by Gasteiger charge is 2.25. The first-order valence-corrected chi connectivity index (χ1v) is 9.67. The number of hydrogen-bond donors (Lipinski definition) is 2. The van der Waals surface area contributed by atoms with Gasteiger partial charge in [0.15, 0.2) is 0 Å². The standard InChI is InChI=1S/C20H27N5O3/c1-14(2)23-19(26)10-20(27)25-9-3-4-15(12-25)13-28-16-5-6-17(21-11-16)18-7-8-22-24-18/h5-8,11,14-15H,3-4,9-10,12-13H2,1-2H3,(H,22,24)(H,23,26)/t15-/m1/s1. The van der Waals surface area contributed by atoms with Gasteiger partial charge in [-0.3, -0.25) is 19.7 Å². The average Bonchev–Trinajstić information content (AvgIpc) is 3.21. The Balaban J connectivity index is 1.47. The molecule has 1 atom stereocenters. The van der Waals surface area contributed by atoms with Crippen LogP contribution >= 0.6 is 0 Å². The molecule has 2 N–H and O–H groups in total. The molecule has 28 heavy (non-hydrogen) atoms. The molecule has 2 amide bonds. The lowest BCUT2D eigenvalue weighted by Gasteiger charge is -2.32. The van der Waals surface area contributed by atoms with Crippen LogP contribution in [0.2, 0.25) is 0 Å². The molecular formula is C20H27N5O3. The topological polar surface area (TPSA) is 100 Å². The largest absolute Gasteiger partial charge is 0.492 e. The van der Waals surface area contributed by atoms with Crippen LogP contribution in [-0.4, -0.2) is 57.6 Å². The van der Waals surface area contributed by atoms with Gasteiger partial charge in [0.2, 0.25) is 11.8 Å². The third-order valence-electron chi connectivity index (χ3n) is 4.63. The smallest absolute Gasteiger partial charge is 0.232 e. The van der Waals surface area contributed by atoms with Crippen LogP contribution < -0.4 is 10.1 Å². The van der Waals surface area contributed by atoms with Crippen molar-refractivity contribution < 1.29 is 14.3 Å². The summed E-state index contributed by atoms with van der Waals surface area (Å²) in [5, 5.41) is 9.56. The maximum atomic E-state index is 12.4. The molecule has 2 aromatic heterocycles. The van der Waals surface area contributed by atoms with Crippen LogP contribution in [0, 0.1) is 5.92 Å². The molecule has 0 saturated carbocycles. The fourth-order valence-electron chi connectivity index (χ4n) is 3.29. The van der Waals surface area contributed by atoms with Gasteiger partial charge in [0, 0.05) is 31.2 Å². The van der Waals surface area contributed by atoms with Crippen LogP contribution in [0.25, 0.3) is 11.4 Å². The SMILES string of the molecule is CC(C)NC(=O)CC(=O)N1CCC[C@@H](COc2ccc(-c3ccn[nH]3)nc2)C1. The van der Waals surface area contributed by atoms with Crippen LogP contribution in [0.3, 0.4) is 0 Å². The first-order chi connectivity index (χ1) is 13.5. The maximum absolute atomic E-state index is 12.4. The fraction of sp³-hybridized carbons (Fsp3) is 0.500. The Morgan fingerprint density at radius 2 is 2.21 bits per heavy atom. The van der Waals surface area contributed by atoms with Crippen molar-refractivity contribution in [2.45, 2.75) is 39.2 Å². The second-order valence-electron chi connectivity index (χ2n) is 7.41. The predicted octanol–water partition coefficient (Wildman–Crippen LogP) is 2.00. The van der Waals surface area contributed by atoms with Gasteiger partial charge in [-0.15, -0.1) is 0 Å². The number of piperidine rings is 1. The molecule has 0 unspecified atom stereocenters. The van der Waals surface area contributed by atoms with Gasteiger partial charge >= 0.3 is 0 Å². The number of likely N-dealkylation sites (tertiary alicyclic amines) is 1. The van der Waals surface area contributed by atoms with Crippen LogP contribution in [0.4, 0.5) is 0 Å². The number of rotatable bonds is 7. The highest BCUT2D eigenvalue weighted by atomic mass is 16.5. The van der Waals surface area contributed by atoms with Crippen molar-refractivity contribution >= 4 is 11.8 Å². The van der Waals surface area contributed by atoms with Gasteiger partial charge in [0.25, 0.3) is 0 Å². The molecule has 1 aliphatic heterocycles. The minimum absolute atomic E-state index is 0.0380. The number of ether oxygens (including phenoxy) is 1. The summed E-state index contributed by atoms with van der Waals surface area (Å²) in [4.78, 5) is 30.3. The van der Waals surface area contributed by atoms with E-state index < -0.39 is 0 Å². The zero-order valence-electron chi connectivity index (χ0n) is 16.4. The summed E-state index contributed by atoms with van der Waals surface area (Å²) in [5.74, 6) is 0.608. The Morgan fingerprint density at radius 1 is 1.36 bits per heavy atom. The van der Waals surface area contributed by atoms with E-state index >= 15 is 0 Å². The normalized spacial score (nSPS) is 16.8. The summed E-state index contributed by atoms with van der Waals surface area (Å²) < 4.78 is 5.87. The third kappa shape index (κ3) is 5.55. The second kappa shape index (κ2) is 9.34. The number of amides is 2. The molecule has 1 aliphatic rings. The molecule has 1 saturated heterocycles. The number of H-pyrrole nitrogens is 1. The summed E-state index contributed by atoms with van der Waals surface area (Å²) in [5.41, 5.74) is 1.66. The van der Waals surface area contributed by atoms with E-state index in [4.69, 9.17) is 4.74 Å². The zero-order chi connectivity index (χ0) is 19.9. The molecule has 0 spiro atoms. The van der Waals surface area contributed by atoms with Gasteiger partial charge in [0.1, 0.15) is 12.2 Å². The van der Waals surface area contributed by atoms with Gasteiger partial charge < -0.3 is 15.0 Å². The number of aromatic nitrogens is 3. The highest BCUT2D eigenvalue weighted by molar-refractivity contribution is 5.97. The molecule has 8 nitrogen and oxygen atoms in total. The molecule has 3 rings (SSSR count). The zero-order valence-corrected chi connectivity index (χ0v) is 16.4. The van der Waals surface area contributed by atoms with E-state index in [0.717, 1.165) is 24.2 Å². The Kier molecular flexibility index (Phi) is 6.62. The first kappa shape index (κ1) is 19.9. The molecule has 3 heterocycles. The number of carbonyl (C=O) groups is 2. The fourth-order valence-corrected chi connectivity index (χ4v) is 3.29. The predicted molar refractivity (Wildman–Crippen MR) is 105 cm³/mol. The number of hydrogen-bond acceptors (Lipinski definition) is 5. The van der Waals surface area contributed by atoms with Crippen molar-refractivity contribution in [2.75, 3.05) is 19.7 Å². The van der Waals surface area contributed by atoms with Crippen LogP contribution in [-0.2, 0) is 9.59 Å². The second-order valence-corrected chi connectivity index (χ2v) is 7.41. The Hall–Kier alpha value is -2.90. The van der Waals surface area contributed by atoms with E-state index in [1.807, 2.05) is 32.0 Å². The van der Waals surface area contributed by atoms with E-state index in [-0.39, 0.29) is 30.2 Å². The molecule has 1 fully saturated rings. The van der Waals surface area contributed by atoms with E-state index in [2.05, 4.69) is 20.5 Å². The molecule has 8 heteroatoms. The molecule has 0 aromatic carbocycles. The van der Waals surface area contributed by atoms with E-state index in [1.165, 1.54) is 0 Å². The maximum Gasteiger partial charge on any atom is 0.232 e. The number of nitrogens with zero attached hydrogens (tertiary/aromatic N) is 3. The van der Waals surface area contributed by atoms with Gasteiger partial charge in [-0.2, -0.15) is 5.10 Å². The lowest BCUT2D eigenvalue weighted by atomic mass is 9.98. The Bertz CT molecular complexity index is 774. The molecule has 0 bridgehead atoms. The molecule has 150 valence electrons. The molecule has 0 aliphatic carbocycles. The monoisotopic (exact) mass is 385 g/mol. The number of carbonyl (C=O) groups excluding carboxylic acids is 2. The van der Waals surface area contributed by atoms with Crippen molar-refractivity contribution in [3.63, 3.8) is 0 Å². The van der Waals surface area contributed by atoms with Crippen molar-refractivity contribution in [1.82, 2.24) is 25.4 Å². The summed E-state index contributed by atoms with van der Waals surface area (Å²) >= 11 is 0. The minimum Gasteiger partial charge on any atom is -0.492 e. The van der Waals surface area contributed by atoms with Crippen LogP contribution in [0.5, 0.6) is 5.75 Å². The highest BCUT2D eigenvalue weighted by Crippen LogP contribution is 2.21. The lowest BCUT2D eigenvalue weighted by Crippen LogP contribution is -2.44. The van der Waals surface area contributed by atoms with E-state index in [9.17, 15) is 9.59 Å².